The highest BCUT2D eigenvalue weighted by Crippen LogP contribution is 2.35. The number of ketones is 1. The lowest BCUT2D eigenvalue weighted by Crippen LogP contribution is -2.15. The molecule has 3 rings (SSSR count). The SMILES string of the molecule is O=C(CCCC1CCCO1)C1COc2ccccc21. The lowest BCUT2D eigenvalue weighted by molar-refractivity contribution is -0.120. The minimum atomic E-state index is -0.0549. The van der Waals surface area contributed by atoms with Gasteiger partial charge in [-0.25, -0.2) is 0 Å². The Bertz CT molecular complexity index is 449. The zero-order valence-electron chi connectivity index (χ0n) is 11.1. The summed E-state index contributed by atoms with van der Waals surface area (Å²) in [6, 6.07) is 7.86. The minimum absolute atomic E-state index is 0.0549. The van der Waals surface area contributed by atoms with Crippen molar-refractivity contribution in [2.75, 3.05) is 13.2 Å². The Labute approximate surface area is 113 Å². The van der Waals surface area contributed by atoms with E-state index in [-0.39, 0.29) is 5.92 Å². The number of hydrogen-bond acceptors (Lipinski definition) is 3. The Balaban J connectivity index is 1.51. The highest BCUT2D eigenvalue weighted by Gasteiger charge is 2.29. The maximum Gasteiger partial charge on any atom is 0.143 e. The summed E-state index contributed by atoms with van der Waals surface area (Å²) in [6.07, 6.45) is 5.30. The van der Waals surface area contributed by atoms with E-state index in [1.807, 2.05) is 24.3 Å². The molecule has 0 aromatic heterocycles. The molecule has 19 heavy (non-hydrogen) atoms. The molecule has 1 aromatic carbocycles. The van der Waals surface area contributed by atoms with Gasteiger partial charge in [0.15, 0.2) is 0 Å². The van der Waals surface area contributed by atoms with Crippen molar-refractivity contribution in [3.63, 3.8) is 0 Å². The van der Waals surface area contributed by atoms with Gasteiger partial charge in [0.25, 0.3) is 0 Å². The van der Waals surface area contributed by atoms with Crippen LogP contribution in [-0.4, -0.2) is 25.1 Å². The first-order chi connectivity index (χ1) is 9.34. The van der Waals surface area contributed by atoms with Gasteiger partial charge >= 0.3 is 0 Å². The van der Waals surface area contributed by atoms with Crippen LogP contribution >= 0.6 is 0 Å². The summed E-state index contributed by atoms with van der Waals surface area (Å²) in [4.78, 5) is 12.3. The van der Waals surface area contributed by atoms with Crippen LogP contribution in [0.3, 0.4) is 0 Å². The highest BCUT2D eigenvalue weighted by atomic mass is 16.5. The molecule has 1 fully saturated rings. The lowest BCUT2D eigenvalue weighted by atomic mass is 9.93. The van der Waals surface area contributed by atoms with Crippen molar-refractivity contribution in [1.29, 1.82) is 0 Å². The van der Waals surface area contributed by atoms with Crippen LogP contribution in [0.5, 0.6) is 5.75 Å². The summed E-state index contributed by atoms with van der Waals surface area (Å²) in [7, 11) is 0. The molecule has 3 nitrogen and oxygen atoms in total. The molecule has 2 aliphatic heterocycles. The van der Waals surface area contributed by atoms with Crippen LogP contribution in [0.4, 0.5) is 0 Å². The summed E-state index contributed by atoms with van der Waals surface area (Å²) >= 11 is 0. The van der Waals surface area contributed by atoms with E-state index in [4.69, 9.17) is 9.47 Å². The van der Waals surface area contributed by atoms with Crippen molar-refractivity contribution in [2.45, 2.75) is 44.1 Å². The average molecular weight is 260 g/mol. The van der Waals surface area contributed by atoms with Crippen LogP contribution in [0.1, 0.15) is 43.6 Å². The van der Waals surface area contributed by atoms with Crippen molar-refractivity contribution in [1.82, 2.24) is 0 Å². The second-order valence-electron chi connectivity index (χ2n) is 5.39. The first-order valence-corrected chi connectivity index (χ1v) is 7.20. The van der Waals surface area contributed by atoms with Crippen molar-refractivity contribution < 1.29 is 14.3 Å². The van der Waals surface area contributed by atoms with E-state index >= 15 is 0 Å². The third-order valence-electron chi connectivity index (χ3n) is 4.06. The van der Waals surface area contributed by atoms with Crippen molar-refractivity contribution in [3.8, 4) is 5.75 Å². The molecular weight excluding hydrogens is 240 g/mol. The zero-order valence-corrected chi connectivity index (χ0v) is 11.1. The molecule has 2 atom stereocenters. The van der Waals surface area contributed by atoms with Crippen LogP contribution in [0.15, 0.2) is 24.3 Å². The Morgan fingerprint density at radius 1 is 1.32 bits per heavy atom. The molecule has 1 saturated heterocycles. The molecule has 2 heterocycles. The zero-order chi connectivity index (χ0) is 13.1. The largest absolute Gasteiger partial charge is 0.492 e. The Morgan fingerprint density at radius 2 is 2.21 bits per heavy atom. The number of benzene rings is 1. The van der Waals surface area contributed by atoms with E-state index < -0.39 is 0 Å². The number of Topliss-reactive ketones (excluding diaryl/α,β-unsaturated/α-hetero) is 1. The number of hydrogen-bond donors (Lipinski definition) is 0. The van der Waals surface area contributed by atoms with Gasteiger partial charge in [0.05, 0.1) is 12.0 Å². The summed E-state index contributed by atoms with van der Waals surface area (Å²) < 4.78 is 11.1. The van der Waals surface area contributed by atoms with E-state index in [9.17, 15) is 4.79 Å². The Kier molecular flexibility index (Phi) is 3.83. The molecule has 0 amide bonds. The number of para-hydroxylation sites is 1. The third kappa shape index (κ3) is 2.81. The van der Waals surface area contributed by atoms with Crippen LogP contribution in [0.25, 0.3) is 0 Å². The molecule has 0 bridgehead atoms. The van der Waals surface area contributed by atoms with Gasteiger partial charge < -0.3 is 9.47 Å². The predicted molar refractivity (Wildman–Crippen MR) is 72.5 cm³/mol. The van der Waals surface area contributed by atoms with Crippen molar-refractivity contribution >= 4 is 5.78 Å². The van der Waals surface area contributed by atoms with E-state index in [1.54, 1.807) is 0 Å². The van der Waals surface area contributed by atoms with E-state index in [1.165, 1.54) is 6.42 Å². The molecule has 102 valence electrons. The van der Waals surface area contributed by atoms with Gasteiger partial charge in [-0.2, -0.15) is 0 Å². The summed E-state index contributed by atoms with van der Waals surface area (Å²) in [6.45, 7) is 1.40. The molecule has 0 radical (unpaired) electrons. The van der Waals surface area contributed by atoms with Gasteiger partial charge in [-0.05, 0) is 31.7 Å². The number of fused-ring (bicyclic) bond motifs is 1. The Hall–Kier alpha value is -1.35. The van der Waals surface area contributed by atoms with E-state index in [2.05, 4.69) is 0 Å². The van der Waals surface area contributed by atoms with E-state index in [0.29, 0.717) is 24.9 Å². The molecule has 2 aliphatic rings. The van der Waals surface area contributed by atoms with Gasteiger partial charge in [-0.15, -0.1) is 0 Å². The van der Waals surface area contributed by atoms with Crippen molar-refractivity contribution in [2.24, 2.45) is 0 Å². The topological polar surface area (TPSA) is 35.5 Å². The quantitative estimate of drug-likeness (QED) is 0.816. The fourth-order valence-corrected chi connectivity index (χ4v) is 2.98. The first kappa shape index (κ1) is 12.7. The van der Waals surface area contributed by atoms with Gasteiger partial charge in [0.1, 0.15) is 18.1 Å². The smallest absolute Gasteiger partial charge is 0.143 e. The second-order valence-corrected chi connectivity index (χ2v) is 5.39. The van der Waals surface area contributed by atoms with Gasteiger partial charge in [-0.1, -0.05) is 18.2 Å². The van der Waals surface area contributed by atoms with Crippen LogP contribution in [-0.2, 0) is 9.53 Å². The minimum Gasteiger partial charge on any atom is -0.492 e. The predicted octanol–water partition coefficient (Wildman–Crippen LogP) is 3.08. The second kappa shape index (κ2) is 5.74. The van der Waals surface area contributed by atoms with Gasteiger partial charge in [0, 0.05) is 18.6 Å². The number of carbonyl (C=O) groups is 1. The summed E-state index contributed by atoms with van der Waals surface area (Å²) in [5.74, 6) is 1.13. The summed E-state index contributed by atoms with van der Waals surface area (Å²) in [5, 5.41) is 0. The number of rotatable bonds is 5. The standard InChI is InChI=1S/C16H20O3/c17-15(8-3-5-12-6-4-10-18-12)14-11-19-16-9-2-1-7-13(14)16/h1-2,7,9,12,14H,3-6,8,10-11H2. The monoisotopic (exact) mass is 260 g/mol. The molecule has 2 unspecified atom stereocenters. The fourth-order valence-electron chi connectivity index (χ4n) is 2.98. The molecule has 0 N–H and O–H groups in total. The van der Waals surface area contributed by atoms with Crippen molar-refractivity contribution in [3.05, 3.63) is 29.8 Å². The molecule has 3 heteroatoms. The molecule has 0 saturated carbocycles. The van der Waals surface area contributed by atoms with E-state index in [0.717, 1.165) is 37.2 Å². The molecular formula is C16H20O3. The summed E-state index contributed by atoms with van der Waals surface area (Å²) in [5.41, 5.74) is 1.06. The molecule has 0 aliphatic carbocycles. The lowest BCUT2D eigenvalue weighted by Gasteiger charge is -2.10. The third-order valence-corrected chi connectivity index (χ3v) is 4.06. The first-order valence-electron chi connectivity index (χ1n) is 7.20. The average Bonchev–Trinajstić information content (AvgIpc) is 3.07. The van der Waals surface area contributed by atoms with Gasteiger partial charge in [-0.3, -0.25) is 4.79 Å². The van der Waals surface area contributed by atoms with Crippen LogP contribution < -0.4 is 4.74 Å². The van der Waals surface area contributed by atoms with Crippen LogP contribution in [0.2, 0.25) is 0 Å². The molecule has 0 spiro atoms. The van der Waals surface area contributed by atoms with Crippen LogP contribution in [0, 0.1) is 0 Å². The number of ether oxygens (including phenoxy) is 2. The normalized spacial score (nSPS) is 25.1. The maximum absolute atomic E-state index is 12.3. The maximum atomic E-state index is 12.3. The highest BCUT2D eigenvalue weighted by molar-refractivity contribution is 5.87. The number of carbonyl (C=O) groups excluding carboxylic acids is 1. The fraction of sp³-hybridized carbons (Fsp3) is 0.562. The van der Waals surface area contributed by atoms with Gasteiger partial charge in [0.2, 0.25) is 0 Å². The Morgan fingerprint density at radius 3 is 3.05 bits per heavy atom. The molecule has 1 aromatic rings.